The van der Waals surface area contributed by atoms with Crippen LogP contribution in [0.3, 0.4) is 0 Å². The monoisotopic (exact) mass is 248 g/mol. The molecular weight excluding hydrogens is 231 g/mol. The number of hydrogen-bond acceptors (Lipinski definition) is 3. The van der Waals surface area contributed by atoms with Crippen molar-refractivity contribution in [2.24, 2.45) is 5.73 Å². The molecule has 0 amide bonds. The van der Waals surface area contributed by atoms with Crippen molar-refractivity contribution in [1.82, 2.24) is 14.8 Å². The molecule has 0 saturated carbocycles. The van der Waals surface area contributed by atoms with Crippen LogP contribution in [0.25, 0.3) is 5.69 Å². The quantitative estimate of drug-likeness (QED) is 0.900. The van der Waals surface area contributed by atoms with Crippen molar-refractivity contribution in [3.05, 3.63) is 41.2 Å². The lowest BCUT2D eigenvalue weighted by Crippen LogP contribution is -2.06. The zero-order chi connectivity index (χ0) is 13.1. The van der Waals surface area contributed by atoms with E-state index in [1.165, 1.54) is 6.07 Å². The average Bonchev–Trinajstić information content (AvgIpc) is 2.81. The molecule has 0 aliphatic rings. The molecule has 18 heavy (non-hydrogen) atoms. The number of rotatable bonds is 4. The maximum atomic E-state index is 14.0. The maximum Gasteiger partial charge on any atom is 0.151 e. The molecule has 1 aromatic carbocycles. The first kappa shape index (κ1) is 12.7. The third-order valence-corrected chi connectivity index (χ3v) is 2.83. The molecule has 0 saturated heterocycles. The van der Waals surface area contributed by atoms with Crippen LogP contribution in [0.4, 0.5) is 4.39 Å². The molecule has 2 rings (SSSR count). The van der Waals surface area contributed by atoms with Gasteiger partial charge in [0.25, 0.3) is 0 Å². The Hall–Kier alpha value is -1.75. The molecule has 0 spiro atoms. The van der Waals surface area contributed by atoms with Crippen molar-refractivity contribution in [3.63, 3.8) is 0 Å². The van der Waals surface area contributed by atoms with Gasteiger partial charge in [-0.1, -0.05) is 19.9 Å². The van der Waals surface area contributed by atoms with Crippen molar-refractivity contribution >= 4 is 0 Å². The van der Waals surface area contributed by atoms with E-state index in [-0.39, 0.29) is 5.82 Å². The Bertz CT molecular complexity index is 548. The summed E-state index contributed by atoms with van der Waals surface area (Å²) in [5, 5.41) is 4.32. The number of nitrogens with two attached hydrogens (primary N) is 1. The highest BCUT2D eigenvalue weighted by molar-refractivity contribution is 5.36. The van der Waals surface area contributed by atoms with Gasteiger partial charge < -0.3 is 5.73 Å². The van der Waals surface area contributed by atoms with E-state index in [1.807, 2.05) is 19.9 Å². The second-order valence-electron chi connectivity index (χ2n) is 4.05. The van der Waals surface area contributed by atoms with E-state index in [4.69, 9.17) is 5.73 Å². The predicted molar refractivity (Wildman–Crippen MR) is 68.0 cm³/mol. The molecule has 0 radical (unpaired) electrons. The second kappa shape index (κ2) is 5.27. The fraction of sp³-hybridized carbons (Fsp3) is 0.385. The zero-order valence-corrected chi connectivity index (χ0v) is 10.7. The van der Waals surface area contributed by atoms with Gasteiger partial charge in [-0.2, -0.15) is 5.10 Å². The van der Waals surface area contributed by atoms with Crippen molar-refractivity contribution in [3.8, 4) is 5.69 Å². The van der Waals surface area contributed by atoms with Crippen LogP contribution in [-0.4, -0.2) is 14.8 Å². The minimum atomic E-state index is -0.319. The van der Waals surface area contributed by atoms with Crippen LogP contribution in [0.5, 0.6) is 0 Å². The van der Waals surface area contributed by atoms with E-state index < -0.39 is 0 Å². The van der Waals surface area contributed by atoms with Gasteiger partial charge in [0.05, 0.1) is 0 Å². The fourth-order valence-electron chi connectivity index (χ4n) is 1.81. The van der Waals surface area contributed by atoms with Crippen molar-refractivity contribution < 1.29 is 4.39 Å². The van der Waals surface area contributed by atoms with Crippen molar-refractivity contribution in [1.29, 1.82) is 0 Å². The molecule has 0 unspecified atom stereocenters. The third kappa shape index (κ3) is 2.26. The van der Waals surface area contributed by atoms with Gasteiger partial charge in [0, 0.05) is 19.4 Å². The smallest absolute Gasteiger partial charge is 0.151 e. The summed E-state index contributed by atoms with van der Waals surface area (Å²) >= 11 is 0. The van der Waals surface area contributed by atoms with E-state index in [0.29, 0.717) is 18.7 Å². The summed E-state index contributed by atoms with van der Waals surface area (Å²) < 4.78 is 15.6. The third-order valence-electron chi connectivity index (χ3n) is 2.83. The zero-order valence-electron chi connectivity index (χ0n) is 10.7. The molecule has 0 aliphatic carbocycles. The van der Waals surface area contributed by atoms with E-state index in [1.54, 1.807) is 10.7 Å². The number of nitrogens with zero attached hydrogens (tertiary/aromatic N) is 3. The highest BCUT2D eigenvalue weighted by atomic mass is 19.1. The lowest BCUT2D eigenvalue weighted by atomic mass is 10.2. The molecule has 96 valence electrons. The number of benzene rings is 1. The number of hydrogen-bond donors (Lipinski definition) is 1. The first-order valence-corrected chi connectivity index (χ1v) is 6.13. The summed E-state index contributed by atoms with van der Waals surface area (Å²) in [4.78, 5) is 4.37. The highest BCUT2D eigenvalue weighted by Crippen LogP contribution is 2.16. The number of aromatic nitrogens is 3. The molecule has 1 aromatic heterocycles. The second-order valence-corrected chi connectivity index (χ2v) is 4.05. The van der Waals surface area contributed by atoms with Gasteiger partial charge in [-0.15, -0.1) is 0 Å². The van der Waals surface area contributed by atoms with Gasteiger partial charge in [0.15, 0.2) is 5.82 Å². The van der Waals surface area contributed by atoms with Crippen LogP contribution in [0.1, 0.15) is 31.1 Å². The Morgan fingerprint density at radius 3 is 2.61 bits per heavy atom. The van der Waals surface area contributed by atoms with Crippen LogP contribution in [-0.2, 0) is 19.4 Å². The van der Waals surface area contributed by atoms with Gasteiger partial charge in [0.2, 0.25) is 0 Å². The predicted octanol–water partition coefficient (Wildman–Crippen LogP) is 1.99. The molecule has 0 fully saturated rings. The minimum Gasteiger partial charge on any atom is -0.326 e. The van der Waals surface area contributed by atoms with Gasteiger partial charge in [-0.25, -0.2) is 14.1 Å². The van der Waals surface area contributed by atoms with E-state index in [0.717, 1.165) is 23.6 Å². The van der Waals surface area contributed by atoms with Crippen LogP contribution >= 0.6 is 0 Å². The van der Waals surface area contributed by atoms with E-state index in [9.17, 15) is 4.39 Å². The summed E-state index contributed by atoms with van der Waals surface area (Å²) in [6.45, 7) is 4.29. The van der Waals surface area contributed by atoms with Gasteiger partial charge in [-0.05, 0) is 17.7 Å². The summed E-state index contributed by atoms with van der Waals surface area (Å²) in [7, 11) is 0. The van der Waals surface area contributed by atoms with Crippen LogP contribution < -0.4 is 5.73 Å². The van der Waals surface area contributed by atoms with Gasteiger partial charge >= 0.3 is 0 Å². The standard InChI is InChI=1S/C13H17FN4/c1-3-12-16-13(4-2)18(17-12)11-6-5-9(8-15)7-10(11)14/h5-7H,3-4,8,15H2,1-2H3. The van der Waals surface area contributed by atoms with Crippen molar-refractivity contribution in [2.75, 3.05) is 0 Å². The maximum absolute atomic E-state index is 14.0. The lowest BCUT2D eigenvalue weighted by Gasteiger charge is -2.07. The van der Waals surface area contributed by atoms with E-state index >= 15 is 0 Å². The summed E-state index contributed by atoms with van der Waals surface area (Å²) in [5.74, 6) is 1.18. The SMILES string of the molecule is CCc1nc(CC)n(-c2ccc(CN)cc2F)n1. The number of aryl methyl sites for hydroxylation is 2. The fourth-order valence-corrected chi connectivity index (χ4v) is 1.81. The Labute approximate surface area is 106 Å². The van der Waals surface area contributed by atoms with Gasteiger partial charge in [-0.3, -0.25) is 0 Å². The first-order chi connectivity index (χ1) is 8.69. The normalized spacial score (nSPS) is 10.9. The molecule has 4 nitrogen and oxygen atoms in total. The summed E-state index contributed by atoms with van der Waals surface area (Å²) in [6, 6.07) is 4.96. The van der Waals surface area contributed by atoms with Crippen LogP contribution in [0.15, 0.2) is 18.2 Å². The molecule has 0 aliphatic heterocycles. The Kier molecular flexibility index (Phi) is 3.72. The van der Waals surface area contributed by atoms with Crippen LogP contribution in [0.2, 0.25) is 0 Å². The minimum absolute atomic E-state index is 0.319. The Morgan fingerprint density at radius 2 is 2.06 bits per heavy atom. The summed E-state index contributed by atoms with van der Waals surface area (Å²) in [5.41, 5.74) is 6.68. The molecule has 5 heteroatoms. The first-order valence-electron chi connectivity index (χ1n) is 6.13. The Balaban J connectivity index is 2.50. The largest absolute Gasteiger partial charge is 0.326 e. The topological polar surface area (TPSA) is 56.7 Å². The van der Waals surface area contributed by atoms with E-state index in [2.05, 4.69) is 10.1 Å². The molecule has 2 aromatic rings. The average molecular weight is 248 g/mol. The number of halogens is 1. The lowest BCUT2D eigenvalue weighted by molar-refractivity contribution is 0.603. The van der Waals surface area contributed by atoms with Crippen LogP contribution in [0, 0.1) is 5.82 Å². The molecule has 1 heterocycles. The molecule has 0 bridgehead atoms. The Morgan fingerprint density at radius 1 is 1.28 bits per heavy atom. The van der Waals surface area contributed by atoms with Crippen molar-refractivity contribution in [2.45, 2.75) is 33.2 Å². The molecule has 0 atom stereocenters. The molecule has 2 N–H and O–H groups in total. The highest BCUT2D eigenvalue weighted by Gasteiger charge is 2.12. The summed E-state index contributed by atoms with van der Waals surface area (Å²) in [6.07, 6.45) is 1.45. The van der Waals surface area contributed by atoms with Gasteiger partial charge in [0.1, 0.15) is 17.3 Å². The molecular formula is C13H17FN4.